The molecule has 0 atom stereocenters. The van der Waals surface area contributed by atoms with E-state index in [0.29, 0.717) is 0 Å². The summed E-state index contributed by atoms with van der Waals surface area (Å²) in [7, 11) is 0. The number of aryl methyl sites for hydroxylation is 2. The zero-order chi connectivity index (χ0) is 15.4. The fraction of sp³-hybridized carbons (Fsp3) is 0.176. The molecule has 1 aliphatic carbocycles. The van der Waals surface area contributed by atoms with Gasteiger partial charge in [-0.1, -0.05) is 30.3 Å². The van der Waals surface area contributed by atoms with E-state index in [0.717, 1.165) is 0 Å². The zero-order valence-electron chi connectivity index (χ0n) is 11.7. The van der Waals surface area contributed by atoms with Gasteiger partial charge < -0.3 is 10.2 Å². The van der Waals surface area contributed by atoms with Gasteiger partial charge in [0.1, 0.15) is 0 Å². The van der Waals surface area contributed by atoms with Gasteiger partial charge in [0.05, 0.1) is 11.1 Å². The minimum Gasteiger partial charge on any atom is -0.478 e. The molecule has 0 aliphatic heterocycles. The summed E-state index contributed by atoms with van der Waals surface area (Å²) >= 11 is 0. The van der Waals surface area contributed by atoms with Crippen molar-refractivity contribution in [3.63, 3.8) is 0 Å². The average Bonchev–Trinajstić information content (AvgIpc) is 2.40. The van der Waals surface area contributed by atoms with Gasteiger partial charge in [-0.15, -0.1) is 0 Å². The number of benzene rings is 2. The largest absolute Gasteiger partial charge is 0.478 e. The lowest BCUT2D eigenvalue weighted by Gasteiger charge is -2.16. The van der Waals surface area contributed by atoms with Crippen LogP contribution in [0, 0.1) is 6.92 Å². The molecular weight excluding hydrogens is 268 g/mol. The third kappa shape index (κ3) is 3.28. The lowest BCUT2D eigenvalue weighted by molar-refractivity contribution is 0.0696. The maximum absolute atomic E-state index is 10.6. The Hall–Kier alpha value is -2.62. The van der Waals surface area contributed by atoms with Gasteiger partial charge in [-0.3, -0.25) is 0 Å². The normalized spacial score (nSPS) is 11.5. The SMILES string of the molecule is Cc1c(C(=O)O)cccc1C(=O)O.c1ccc2c(c1)CC2. The predicted molar refractivity (Wildman–Crippen MR) is 78.9 cm³/mol. The van der Waals surface area contributed by atoms with Crippen LogP contribution in [0.4, 0.5) is 0 Å². The van der Waals surface area contributed by atoms with Crippen LogP contribution in [0.2, 0.25) is 0 Å². The molecule has 3 rings (SSSR count). The molecule has 0 spiro atoms. The number of aromatic carboxylic acids is 2. The molecule has 4 nitrogen and oxygen atoms in total. The summed E-state index contributed by atoms with van der Waals surface area (Å²) in [5, 5.41) is 17.4. The third-order valence-electron chi connectivity index (χ3n) is 3.58. The van der Waals surface area contributed by atoms with Crippen molar-refractivity contribution in [2.24, 2.45) is 0 Å². The first-order valence-electron chi connectivity index (χ1n) is 6.63. The van der Waals surface area contributed by atoms with Crippen LogP contribution in [0.1, 0.15) is 37.4 Å². The first-order valence-corrected chi connectivity index (χ1v) is 6.63. The molecule has 2 aromatic rings. The summed E-state index contributed by atoms with van der Waals surface area (Å²) in [6.45, 7) is 1.48. The summed E-state index contributed by atoms with van der Waals surface area (Å²) in [6.07, 6.45) is 2.60. The minimum atomic E-state index is -1.11. The quantitative estimate of drug-likeness (QED) is 0.888. The number of carboxylic acids is 2. The molecule has 0 fully saturated rings. The van der Waals surface area contributed by atoms with E-state index in [2.05, 4.69) is 24.3 Å². The first-order chi connectivity index (χ1) is 10.0. The Morgan fingerprint density at radius 3 is 1.52 bits per heavy atom. The monoisotopic (exact) mass is 284 g/mol. The molecule has 21 heavy (non-hydrogen) atoms. The maximum Gasteiger partial charge on any atom is 0.335 e. The van der Waals surface area contributed by atoms with Crippen molar-refractivity contribution in [1.82, 2.24) is 0 Å². The van der Waals surface area contributed by atoms with E-state index >= 15 is 0 Å². The molecule has 0 amide bonds. The van der Waals surface area contributed by atoms with Gasteiger partial charge >= 0.3 is 11.9 Å². The molecule has 1 aliphatic rings. The van der Waals surface area contributed by atoms with Crippen molar-refractivity contribution < 1.29 is 19.8 Å². The summed E-state index contributed by atoms with van der Waals surface area (Å²) in [4.78, 5) is 21.2. The summed E-state index contributed by atoms with van der Waals surface area (Å²) in [6, 6.07) is 12.8. The van der Waals surface area contributed by atoms with E-state index in [9.17, 15) is 9.59 Å². The summed E-state index contributed by atoms with van der Waals surface area (Å²) in [5.74, 6) is -2.22. The van der Waals surface area contributed by atoms with Crippen LogP contribution >= 0.6 is 0 Å². The molecule has 0 radical (unpaired) electrons. The van der Waals surface area contributed by atoms with Gasteiger partial charge in [0.2, 0.25) is 0 Å². The lowest BCUT2D eigenvalue weighted by atomic mass is 9.89. The van der Waals surface area contributed by atoms with E-state index in [1.165, 1.54) is 38.0 Å². The van der Waals surface area contributed by atoms with Crippen molar-refractivity contribution in [2.75, 3.05) is 0 Å². The molecule has 0 bridgehead atoms. The number of hydrogen-bond donors (Lipinski definition) is 2. The Balaban J connectivity index is 0.000000170. The number of rotatable bonds is 2. The Morgan fingerprint density at radius 1 is 0.810 bits per heavy atom. The smallest absolute Gasteiger partial charge is 0.335 e. The second-order valence-electron chi connectivity index (χ2n) is 4.86. The van der Waals surface area contributed by atoms with Crippen molar-refractivity contribution in [3.8, 4) is 0 Å². The molecule has 0 unspecified atom stereocenters. The molecule has 0 aromatic heterocycles. The molecule has 0 saturated heterocycles. The second-order valence-corrected chi connectivity index (χ2v) is 4.86. The molecular formula is C17H16O4. The van der Waals surface area contributed by atoms with Gasteiger partial charge in [0, 0.05) is 0 Å². The fourth-order valence-electron chi connectivity index (χ4n) is 2.24. The highest BCUT2D eigenvalue weighted by atomic mass is 16.4. The van der Waals surface area contributed by atoms with E-state index < -0.39 is 11.9 Å². The maximum atomic E-state index is 10.6. The van der Waals surface area contributed by atoms with E-state index in [-0.39, 0.29) is 16.7 Å². The van der Waals surface area contributed by atoms with Crippen LogP contribution in [0.3, 0.4) is 0 Å². The molecule has 4 heteroatoms. The van der Waals surface area contributed by atoms with Crippen LogP contribution in [-0.4, -0.2) is 22.2 Å². The van der Waals surface area contributed by atoms with Crippen molar-refractivity contribution in [1.29, 1.82) is 0 Å². The Bertz CT molecular complexity index is 634. The van der Waals surface area contributed by atoms with Crippen LogP contribution in [-0.2, 0) is 12.8 Å². The highest BCUT2D eigenvalue weighted by Gasteiger charge is 2.13. The van der Waals surface area contributed by atoms with Crippen LogP contribution in [0.15, 0.2) is 42.5 Å². The van der Waals surface area contributed by atoms with Gasteiger partial charge in [-0.2, -0.15) is 0 Å². The minimum absolute atomic E-state index is 0.0277. The third-order valence-corrected chi connectivity index (χ3v) is 3.58. The average molecular weight is 284 g/mol. The molecule has 108 valence electrons. The Labute approximate surface area is 122 Å². The van der Waals surface area contributed by atoms with E-state index in [4.69, 9.17) is 10.2 Å². The summed E-state index contributed by atoms with van der Waals surface area (Å²) < 4.78 is 0. The molecule has 2 aromatic carbocycles. The number of carbonyl (C=O) groups is 2. The van der Waals surface area contributed by atoms with Gasteiger partial charge in [0.15, 0.2) is 0 Å². The van der Waals surface area contributed by atoms with Crippen LogP contribution in [0.5, 0.6) is 0 Å². The topological polar surface area (TPSA) is 74.6 Å². The van der Waals surface area contributed by atoms with Crippen molar-refractivity contribution >= 4 is 11.9 Å². The van der Waals surface area contributed by atoms with Crippen LogP contribution < -0.4 is 0 Å². The van der Waals surface area contributed by atoms with E-state index in [1.54, 1.807) is 11.1 Å². The second kappa shape index (κ2) is 6.22. The molecule has 2 N–H and O–H groups in total. The standard InChI is InChI=1S/C9H8O4.C8H8/c1-5-6(8(10)11)3-2-4-7(5)9(12)13;1-2-4-8-6-5-7(8)3-1/h2-4H,1H3,(H,10,11)(H,12,13);1-4H,5-6H2. The number of fused-ring (bicyclic) bond motifs is 1. The zero-order valence-corrected chi connectivity index (χ0v) is 11.7. The lowest BCUT2D eigenvalue weighted by Crippen LogP contribution is -2.06. The molecule has 0 heterocycles. The van der Waals surface area contributed by atoms with Gasteiger partial charge in [0.25, 0.3) is 0 Å². The van der Waals surface area contributed by atoms with Crippen LogP contribution in [0.25, 0.3) is 0 Å². The predicted octanol–water partition coefficient (Wildman–Crippen LogP) is 3.18. The Kier molecular flexibility index (Phi) is 4.38. The van der Waals surface area contributed by atoms with Gasteiger partial charge in [-0.05, 0) is 48.6 Å². The number of carboxylic acid groups (broad SMARTS) is 2. The van der Waals surface area contributed by atoms with Crippen molar-refractivity contribution in [2.45, 2.75) is 19.8 Å². The highest BCUT2D eigenvalue weighted by Crippen LogP contribution is 2.20. The highest BCUT2D eigenvalue weighted by molar-refractivity contribution is 5.96. The first kappa shape index (κ1) is 14.8. The van der Waals surface area contributed by atoms with Crippen molar-refractivity contribution in [3.05, 3.63) is 70.3 Å². The van der Waals surface area contributed by atoms with Gasteiger partial charge in [-0.25, -0.2) is 9.59 Å². The van der Waals surface area contributed by atoms with E-state index in [1.807, 2.05) is 0 Å². The number of hydrogen-bond acceptors (Lipinski definition) is 2. The Morgan fingerprint density at radius 2 is 1.24 bits per heavy atom. The molecule has 0 saturated carbocycles. The summed E-state index contributed by atoms with van der Waals surface area (Å²) in [5.41, 5.74) is 3.43. The fourth-order valence-corrected chi connectivity index (χ4v) is 2.24.